The van der Waals surface area contributed by atoms with Crippen LogP contribution in [0.3, 0.4) is 0 Å². The molecule has 0 aliphatic heterocycles. The minimum atomic E-state index is -1.02. The van der Waals surface area contributed by atoms with Crippen LogP contribution in [0.2, 0.25) is 0 Å². The quantitative estimate of drug-likeness (QED) is 0.488. The SMILES string of the molecule is C=C(C(=O)O)C(Cl)CC. The number of carboxylic acid groups (broad SMARTS) is 1. The largest absolute Gasteiger partial charge is 0.478 e. The maximum Gasteiger partial charge on any atom is 0.332 e. The van der Waals surface area contributed by atoms with Crippen LogP contribution in [0.4, 0.5) is 0 Å². The summed E-state index contributed by atoms with van der Waals surface area (Å²) in [7, 11) is 0. The van der Waals surface area contributed by atoms with Gasteiger partial charge in [0.15, 0.2) is 0 Å². The topological polar surface area (TPSA) is 37.3 Å². The number of carboxylic acids is 1. The fraction of sp³-hybridized carbons (Fsp3) is 0.500. The summed E-state index contributed by atoms with van der Waals surface area (Å²) in [6.45, 7) is 5.10. The number of halogens is 1. The molecule has 0 radical (unpaired) electrons. The molecule has 0 aromatic carbocycles. The molecular weight excluding hydrogens is 140 g/mol. The van der Waals surface area contributed by atoms with Gasteiger partial charge in [0.1, 0.15) is 0 Å². The van der Waals surface area contributed by atoms with Crippen molar-refractivity contribution in [3.05, 3.63) is 12.2 Å². The van der Waals surface area contributed by atoms with Gasteiger partial charge in [-0.1, -0.05) is 13.5 Å². The Labute approximate surface area is 59.1 Å². The summed E-state index contributed by atoms with van der Waals surface area (Å²) in [6, 6.07) is 0. The highest BCUT2D eigenvalue weighted by molar-refractivity contribution is 6.24. The number of carbonyl (C=O) groups is 1. The molecule has 0 aromatic heterocycles. The summed E-state index contributed by atoms with van der Waals surface area (Å²) < 4.78 is 0. The molecule has 0 saturated carbocycles. The molecular formula is C6H9ClO2. The van der Waals surface area contributed by atoms with Gasteiger partial charge >= 0.3 is 5.97 Å². The fourth-order valence-electron chi connectivity index (χ4n) is 0.380. The Kier molecular flexibility index (Phi) is 3.32. The maximum absolute atomic E-state index is 10.1. The van der Waals surface area contributed by atoms with E-state index in [-0.39, 0.29) is 5.57 Å². The van der Waals surface area contributed by atoms with E-state index < -0.39 is 11.3 Å². The van der Waals surface area contributed by atoms with Gasteiger partial charge in [-0.3, -0.25) is 0 Å². The highest BCUT2D eigenvalue weighted by atomic mass is 35.5. The minimum absolute atomic E-state index is 0.0687. The Bertz CT molecular complexity index is 131. The van der Waals surface area contributed by atoms with Gasteiger partial charge in [0.2, 0.25) is 0 Å². The van der Waals surface area contributed by atoms with Crippen molar-refractivity contribution < 1.29 is 9.90 Å². The Morgan fingerprint density at radius 1 is 1.89 bits per heavy atom. The van der Waals surface area contributed by atoms with Crippen molar-refractivity contribution >= 4 is 17.6 Å². The van der Waals surface area contributed by atoms with Crippen LogP contribution in [0.25, 0.3) is 0 Å². The van der Waals surface area contributed by atoms with Gasteiger partial charge in [-0.15, -0.1) is 11.6 Å². The van der Waals surface area contributed by atoms with E-state index in [2.05, 4.69) is 6.58 Å². The number of hydrogen-bond acceptors (Lipinski definition) is 1. The fourth-order valence-corrected chi connectivity index (χ4v) is 0.474. The second-order valence-corrected chi connectivity index (χ2v) is 2.23. The van der Waals surface area contributed by atoms with Gasteiger partial charge < -0.3 is 5.11 Å². The molecule has 0 saturated heterocycles. The molecule has 0 amide bonds. The first-order valence-electron chi connectivity index (χ1n) is 2.65. The van der Waals surface area contributed by atoms with E-state index in [4.69, 9.17) is 16.7 Å². The molecule has 0 bridgehead atoms. The van der Waals surface area contributed by atoms with E-state index in [0.717, 1.165) is 0 Å². The third-order valence-electron chi connectivity index (χ3n) is 1.01. The average Bonchev–Trinajstić information content (AvgIpc) is 1.84. The lowest BCUT2D eigenvalue weighted by atomic mass is 10.2. The van der Waals surface area contributed by atoms with Crippen LogP contribution in [-0.4, -0.2) is 16.5 Å². The van der Waals surface area contributed by atoms with Crippen molar-refractivity contribution in [2.45, 2.75) is 18.7 Å². The molecule has 0 aromatic rings. The molecule has 2 nitrogen and oxygen atoms in total. The van der Waals surface area contributed by atoms with Crippen LogP contribution < -0.4 is 0 Å². The highest BCUT2D eigenvalue weighted by Gasteiger charge is 2.12. The van der Waals surface area contributed by atoms with Crippen molar-refractivity contribution in [1.82, 2.24) is 0 Å². The van der Waals surface area contributed by atoms with Gasteiger partial charge in [-0.05, 0) is 6.42 Å². The van der Waals surface area contributed by atoms with Crippen molar-refractivity contribution in [2.75, 3.05) is 0 Å². The average molecular weight is 149 g/mol. The van der Waals surface area contributed by atoms with Gasteiger partial charge in [0, 0.05) is 5.57 Å². The monoisotopic (exact) mass is 148 g/mol. The zero-order valence-corrected chi connectivity index (χ0v) is 5.98. The van der Waals surface area contributed by atoms with Gasteiger partial charge in [-0.2, -0.15) is 0 Å². The number of aliphatic carboxylic acids is 1. The van der Waals surface area contributed by atoms with Crippen molar-refractivity contribution in [3.8, 4) is 0 Å². The first-order valence-corrected chi connectivity index (χ1v) is 3.09. The summed E-state index contributed by atoms with van der Waals surface area (Å²) in [4.78, 5) is 10.1. The van der Waals surface area contributed by atoms with Crippen LogP contribution in [0.5, 0.6) is 0 Å². The molecule has 1 unspecified atom stereocenters. The van der Waals surface area contributed by atoms with Crippen molar-refractivity contribution in [3.63, 3.8) is 0 Å². The van der Waals surface area contributed by atoms with E-state index in [1.165, 1.54) is 0 Å². The van der Waals surface area contributed by atoms with E-state index in [9.17, 15) is 4.79 Å². The number of alkyl halides is 1. The summed E-state index contributed by atoms with van der Waals surface area (Å²) in [6.07, 6.45) is 0.604. The molecule has 0 aliphatic rings. The van der Waals surface area contributed by atoms with Crippen LogP contribution >= 0.6 is 11.6 Å². The lowest BCUT2D eigenvalue weighted by Gasteiger charge is -2.03. The number of rotatable bonds is 3. The Morgan fingerprint density at radius 2 is 2.33 bits per heavy atom. The first kappa shape index (κ1) is 8.50. The first-order chi connectivity index (χ1) is 4.09. The zero-order valence-electron chi connectivity index (χ0n) is 5.22. The predicted molar refractivity (Wildman–Crippen MR) is 36.7 cm³/mol. The van der Waals surface area contributed by atoms with Crippen LogP contribution in [0.15, 0.2) is 12.2 Å². The van der Waals surface area contributed by atoms with Crippen LogP contribution in [0.1, 0.15) is 13.3 Å². The highest BCUT2D eigenvalue weighted by Crippen LogP contribution is 2.10. The second-order valence-electron chi connectivity index (χ2n) is 1.71. The number of hydrogen-bond donors (Lipinski definition) is 1. The van der Waals surface area contributed by atoms with Crippen molar-refractivity contribution in [2.24, 2.45) is 0 Å². The van der Waals surface area contributed by atoms with Crippen molar-refractivity contribution in [1.29, 1.82) is 0 Å². The molecule has 9 heavy (non-hydrogen) atoms. The molecule has 3 heteroatoms. The summed E-state index contributed by atoms with van der Waals surface area (Å²) in [5.74, 6) is -1.02. The van der Waals surface area contributed by atoms with E-state index >= 15 is 0 Å². The molecule has 0 spiro atoms. The van der Waals surface area contributed by atoms with E-state index in [1.54, 1.807) is 0 Å². The second kappa shape index (κ2) is 3.51. The zero-order chi connectivity index (χ0) is 7.44. The Morgan fingerprint density at radius 3 is 2.44 bits per heavy atom. The van der Waals surface area contributed by atoms with Gasteiger partial charge in [-0.25, -0.2) is 4.79 Å². The summed E-state index contributed by atoms with van der Waals surface area (Å²) in [5, 5.41) is 7.87. The predicted octanol–water partition coefficient (Wildman–Crippen LogP) is 1.64. The summed E-state index contributed by atoms with van der Waals surface area (Å²) in [5.41, 5.74) is 0.0687. The molecule has 1 N–H and O–H groups in total. The molecule has 52 valence electrons. The summed E-state index contributed by atoms with van der Waals surface area (Å²) >= 11 is 5.53. The molecule has 0 heterocycles. The lowest BCUT2D eigenvalue weighted by Crippen LogP contribution is -2.09. The van der Waals surface area contributed by atoms with Crippen LogP contribution in [0, 0.1) is 0 Å². The van der Waals surface area contributed by atoms with Crippen LogP contribution in [-0.2, 0) is 4.79 Å². The molecule has 0 rings (SSSR count). The van der Waals surface area contributed by atoms with E-state index in [0.29, 0.717) is 6.42 Å². The molecule has 0 aliphatic carbocycles. The van der Waals surface area contributed by atoms with E-state index in [1.807, 2.05) is 6.92 Å². The standard InChI is InChI=1S/C6H9ClO2/c1-3-5(7)4(2)6(8)9/h5H,2-3H2,1H3,(H,8,9). The lowest BCUT2D eigenvalue weighted by molar-refractivity contribution is -0.132. The maximum atomic E-state index is 10.1. The third kappa shape index (κ3) is 2.51. The molecule has 1 atom stereocenters. The molecule has 0 fully saturated rings. The van der Waals surface area contributed by atoms with Gasteiger partial charge in [0.05, 0.1) is 5.38 Å². The third-order valence-corrected chi connectivity index (χ3v) is 1.58. The van der Waals surface area contributed by atoms with Gasteiger partial charge in [0.25, 0.3) is 0 Å². The Hall–Kier alpha value is -0.500. The smallest absolute Gasteiger partial charge is 0.332 e. The normalized spacial score (nSPS) is 12.7. The Balaban J connectivity index is 3.88. The minimum Gasteiger partial charge on any atom is -0.478 e.